The Hall–Kier alpha value is -2.15. The van der Waals surface area contributed by atoms with Crippen molar-refractivity contribution in [1.82, 2.24) is 10.6 Å². The lowest BCUT2D eigenvalue weighted by Gasteiger charge is -2.26. The van der Waals surface area contributed by atoms with Crippen molar-refractivity contribution >= 4 is 0 Å². The molecule has 0 aromatic heterocycles. The summed E-state index contributed by atoms with van der Waals surface area (Å²) in [4.78, 5) is 0. The molecule has 3 heteroatoms. The van der Waals surface area contributed by atoms with Gasteiger partial charge in [-0.25, -0.2) is 0 Å². The molecule has 2 rings (SSSR count). The van der Waals surface area contributed by atoms with Crippen molar-refractivity contribution < 1.29 is 0 Å². The van der Waals surface area contributed by atoms with Gasteiger partial charge in [0.2, 0.25) is 0 Å². The molecule has 0 radical (unpaired) electrons. The van der Waals surface area contributed by atoms with Crippen molar-refractivity contribution in [2.75, 3.05) is 13.1 Å². The Bertz CT molecular complexity index is 634. The fourth-order valence-corrected chi connectivity index (χ4v) is 3.18. The van der Waals surface area contributed by atoms with Crippen LogP contribution >= 0.6 is 0 Å². The fourth-order valence-electron chi connectivity index (χ4n) is 3.18. The van der Waals surface area contributed by atoms with Crippen molar-refractivity contribution in [2.45, 2.75) is 51.1 Å². The van der Waals surface area contributed by atoms with Crippen LogP contribution in [0.2, 0.25) is 0 Å². The van der Waals surface area contributed by atoms with Gasteiger partial charge in [-0.05, 0) is 43.5 Å². The Balaban J connectivity index is 2.11. The Morgan fingerprint density at radius 2 is 1.31 bits per heavy atom. The zero-order valence-electron chi connectivity index (χ0n) is 15.8. The number of nitrogens with zero attached hydrogens (tertiary/aromatic N) is 1. The van der Waals surface area contributed by atoms with E-state index in [0.717, 1.165) is 25.9 Å². The average molecular weight is 350 g/mol. The highest BCUT2D eigenvalue weighted by atomic mass is 15.0. The standard InChI is InChI=1S/C23H31N3/c1-2-3-17-25-22(20-12-6-4-7-13-20)19-23(26-18-11-10-16-24)21-14-8-5-9-15-21/h4-9,12-15,22-23,25-26H,2-3,10-11,17-19H2,1H3/t22-,23+/m1/s1. The molecule has 0 spiro atoms. The van der Waals surface area contributed by atoms with Crippen LogP contribution in [-0.4, -0.2) is 13.1 Å². The minimum Gasteiger partial charge on any atom is -0.310 e. The maximum absolute atomic E-state index is 8.78. The molecule has 0 aliphatic carbocycles. The summed E-state index contributed by atoms with van der Waals surface area (Å²) in [6, 6.07) is 24.2. The fraction of sp³-hybridized carbons (Fsp3) is 0.435. The van der Waals surface area contributed by atoms with Crippen LogP contribution in [0, 0.1) is 11.3 Å². The summed E-state index contributed by atoms with van der Waals surface area (Å²) in [7, 11) is 0. The van der Waals surface area contributed by atoms with E-state index < -0.39 is 0 Å². The summed E-state index contributed by atoms with van der Waals surface area (Å²) in [5.41, 5.74) is 2.64. The van der Waals surface area contributed by atoms with E-state index in [1.54, 1.807) is 0 Å². The maximum atomic E-state index is 8.78. The molecule has 0 bridgehead atoms. The van der Waals surface area contributed by atoms with E-state index >= 15 is 0 Å². The minimum atomic E-state index is 0.272. The molecule has 0 heterocycles. The molecule has 0 aliphatic rings. The number of benzene rings is 2. The van der Waals surface area contributed by atoms with Crippen LogP contribution in [0.4, 0.5) is 0 Å². The first-order chi connectivity index (χ1) is 12.8. The van der Waals surface area contributed by atoms with Crippen LogP contribution in [0.25, 0.3) is 0 Å². The molecular weight excluding hydrogens is 318 g/mol. The molecule has 2 atom stereocenters. The lowest BCUT2D eigenvalue weighted by molar-refractivity contribution is 0.402. The molecule has 0 unspecified atom stereocenters. The molecule has 0 aliphatic heterocycles. The van der Waals surface area contributed by atoms with Gasteiger partial charge in [0.25, 0.3) is 0 Å². The van der Waals surface area contributed by atoms with Crippen LogP contribution in [0.5, 0.6) is 0 Å². The van der Waals surface area contributed by atoms with Crippen molar-refractivity contribution in [1.29, 1.82) is 5.26 Å². The summed E-state index contributed by atoms with van der Waals surface area (Å²) in [5, 5.41) is 16.2. The molecule has 0 saturated heterocycles. The van der Waals surface area contributed by atoms with Gasteiger partial charge in [0, 0.05) is 18.5 Å². The average Bonchev–Trinajstić information content (AvgIpc) is 2.70. The van der Waals surface area contributed by atoms with E-state index in [4.69, 9.17) is 5.26 Å². The molecule has 138 valence electrons. The van der Waals surface area contributed by atoms with Crippen LogP contribution in [0.15, 0.2) is 60.7 Å². The molecule has 3 nitrogen and oxygen atoms in total. The Morgan fingerprint density at radius 1 is 0.808 bits per heavy atom. The summed E-state index contributed by atoms with van der Waals surface area (Å²) in [6.07, 6.45) is 4.87. The van der Waals surface area contributed by atoms with Crippen molar-refractivity contribution in [3.8, 4) is 6.07 Å². The molecule has 2 N–H and O–H groups in total. The van der Waals surface area contributed by atoms with Gasteiger partial charge in [0.15, 0.2) is 0 Å². The number of hydrogen-bond acceptors (Lipinski definition) is 3. The Kier molecular flexibility index (Phi) is 9.50. The quantitative estimate of drug-likeness (QED) is 0.521. The lowest BCUT2D eigenvalue weighted by Crippen LogP contribution is -2.30. The molecule has 0 saturated carbocycles. The van der Waals surface area contributed by atoms with Crippen LogP contribution in [-0.2, 0) is 0 Å². The number of unbranched alkanes of at least 4 members (excludes halogenated alkanes) is 2. The van der Waals surface area contributed by atoms with Gasteiger partial charge < -0.3 is 10.6 Å². The van der Waals surface area contributed by atoms with Crippen LogP contribution < -0.4 is 10.6 Å². The first kappa shape index (κ1) is 20.2. The zero-order valence-corrected chi connectivity index (χ0v) is 15.8. The molecule has 2 aromatic carbocycles. The molecular formula is C23H31N3. The molecule has 0 fully saturated rings. The second kappa shape index (κ2) is 12.2. The third kappa shape index (κ3) is 7.00. The second-order valence-corrected chi connectivity index (χ2v) is 6.69. The Morgan fingerprint density at radius 3 is 1.77 bits per heavy atom. The first-order valence-electron chi connectivity index (χ1n) is 9.78. The van der Waals surface area contributed by atoms with Gasteiger partial charge in [-0.3, -0.25) is 0 Å². The second-order valence-electron chi connectivity index (χ2n) is 6.69. The molecule has 26 heavy (non-hydrogen) atoms. The highest BCUT2D eigenvalue weighted by Gasteiger charge is 2.18. The van der Waals surface area contributed by atoms with E-state index in [1.165, 1.54) is 24.0 Å². The predicted molar refractivity (Wildman–Crippen MR) is 109 cm³/mol. The topological polar surface area (TPSA) is 47.8 Å². The SMILES string of the molecule is CCCCN[C@H](C[C@H](NCCCC#N)c1ccccc1)c1ccccc1. The lowest BCUT2D eigenvalue weighted by atomic mass is 9.94. The number of nitriles is 1. The minimum absolute atomic E-state index is 0.272. The van der Waals surface area contributed by atoms with Gasteiger partial charge in [0.1, 0.15) is 0 Å². The largest absolute Gasteiger partial charge is 0.310 e. The number of hydrogen-bond donors (Lipinski definition) is 2. The van der Waals surface area contributed by atoms with Crippen molar-refractivity contribution in [3.05, 3.63) is 71.8 Å². The summed E-state index contributed by atoms with van der Waals surface area (Å²) in [6.45, 7) is 4.12. The number of rotatable bonds is 12. The summed E-state index contributed by atoms with van der Waals surface area (Å²) < 4.78 is 0. The van der Waals surface area contributed by atoms with E-state index in [1.807, 2.05) is 0 Å². The highest BCUT2D eigenvalue weighted by Crippen LogP contribution is 2.26. The summed E-state index contributed by atoms with van der Waals surface area (Å²) in [5.74, 6) is 0. The maximum Gasteiger partial charge on any atom is 0.0622 e. The van der Waals surface area contributed by atoms with Gasteiger partial charge in [0.05, 0.1) is 6.07 Å². The molecule has 2 aromatic rings. The van der Waals surface area contributed by atoms with Crippen molar-refractivity contribution in [2.24, 2.45) is 0 Å². The smallest absolute Gasteiger partial charge is 0.0622 e. The van der Waals surface area contributed by atoms with Gasteiger partial charge in [-0.2, -0.15) is 5.26 Å². The normalized spacial score (nSPS) is 13.1. The van der Waals surface area contributed by atoms with Crippen molar-refractivity contribution in [3.63, 3.8) is 0 Å². The number of nitrogens with one attached hydrogen (secondary N) is 2. The van der Waals surface area contributed by atoms with Crippen LogP contribution in [0.3, 0.4) is 0 Å². The third-order valence-electron chi connectivity index (χ3n) is 4.65. The zero-order chi connectivity index (χ0) is 18.5. The third-order valence-corrected chi connectivity index (χ3v) is 4.65. The van der Waals surface area contributed by atoms with Gasteiger partial charge in [-0.15, -0.1) is 0 Å². The van der Waals surface area contributed by atoms with E-state index in [2.05, 4.69) is 84.3 Å². The summed E-state index contributed by atoms with van der Waals surface area (Å²) >= 11 is 0. The first-order valence-corrected chi connectivity index (χ1v) is 9.78. The molecule has 0 amide bonds. The predicted octanol–water partition coefficient (Wildman–Crippen LogP) is 5.14. The van der Waals surface area contributed by atoms with E-state index in [0.29, 0.717) is 12.5 Å². The van der Waals surface area contributed by atoms with Gasteiger partial charge in [-0.1, -0.05) is 74.0 Å². The van der Waals surface area contributed by atoms with Crippen LogP contribution in [0.1, 0.15) is 62.2 Å². The monoisotopic (exact) mass is 349 g/mol. The van der Waals surface area contributed by atoms with E-state index in [-0.39, 0.29) is 6.04 Å². The van der Waals surface area contributed by atoms with Gasteiger partial charge >= 0.3 is 0 Å². The highest BCUT2D eigenvalue weighted by molar-refractivity contribution is 5.23. The van der Waals surface area contributed by atoms with E-state index in [9.17, 15) is 0 Å². The Labute approximate surface area is 158 Å².